The van der Waals surface area contributed by atoms with Crippen molar-refractivity contribution < 1.29 is 9.53 Å². The van der Waals surface area contributed by atoms with Gasteiger partial charge in [0.2, 0.25) is 5.91 Å². The Morgan fingerprint density at radius 2 is 1.78 bits per heavy atom. The molecule has 0 aliphatic heterocycles. The number of nitrogens with one attached hydrogen (secondary N) is 1. The molecule has 5 heteroatoms. The lowest BCUT2D eigenvalue weighted by Gasteiger charge is -2.36. The van der Waals surface area contributed by atoms with Gasteiger partial charge in [-0.05, 0) is 55.2 Å². The van der Waals surface area contributed by atoms with Crippen LogP contribution in [0.25, 0.3) is 0 Å². The summed E-state index contributed by atoms with van der Waals surface area (Å²) in [6.45, 7) is 2.66. The second-order valence-corrected chi connectivity index (χ2v) is 7.94. The van der Waals surface area contributed by atoms with E-state index in [4.69, 9.17) is 27.9 Å². The van der Waals surface area contributed by atoms with Crippen LogP contribution in [0.15, 0.2) is 42.5 Å². The molecule has 0 saturated heterocycles. The van der Waals surface area contributed by atoms with E-state index in [2.05, 4.69) is 5.32 Å². The maximum absolute atomic E-state index is 13.3. The molecule has 3 rings (SSSR count). The first kappa shape index (κ1) is 20.0. The van der Waals surface area contributed by atoms with Crippen LogP contribution in [0.1, 0.15) is 51.0 Å². The number of amides is 1. The van der Waals surface area contributed by atoms with Crippen LogP contribution in [0.5, 0.6) is 5.75 Å². The summed E-state index contributed by atoms with van der Waals surface area (Å²) in [5, 5.41) is 4.26. The van der Waals surface area contributed by atoms with Gasteiger partial charge in [-0.3, -0.25) is 4.79 Å². The molecule has 0 aromatic heterocycles. The smallest absolute Gasteiger partial charge is 0.235 e. The number of carbonyl (C=O) groups excluding carboxylic acids is 1. The Morgan fingerprint density at radius 3 is 2.41 bits per heavy atom. The van der Waals surface area contributed by atoms with E-state index < -0.39 is 5.41 Å². The van der Waals surface area contributed by atoms with Gasteiger partial charge in [0.25, 0.3) is 0 Å². The predicted octanol–water partition coefficient (Wildman–Crippen LogP) is 6.62. The fourth-order valence-corrected chi connectivity index (χ4v) is 4.09. The van der Waals surface area contributed by atoms with Gasteiger partial charge in [-0.1, -0.05) is 61.5 Å². The first-order valence-electron chi connectivity index (χ1n) is 9.55. The Kier molecular flexibility index (Phi) is 6.67. The van der Waals surface area contributed by atoms with Crippen molar-refractivity contribution in [3.8, 4) is 5.75 Å². The lowest BCUT2D eigenvalue weighted by molar-refractivity contribution is -0.122. The minimum atomic E-state index is -0.521. The Bertz CT molecular complexity index is 783. The zero-order valence-corrected chi connectivity index (χ0v) is 17.1. The van der Waals surface area contributed by atoms with Crippen molar-refractivity contribution in [2.45, 2.75) is 50.9 Å². The van der Waals surface area contributed by atoms with Crippen LogP contribution >= 0.6 is 23.2 Å². The third-order valence-corrected chi connectivity index (χ3v) is 5.74. The lowest BCUT2D eigenvalue weighted by atomic mass is 9.68. The molecule has 0 spiro atoms. The van der Waals surface area contributed by atoms with Gasteiger partial charge in [0.15, 0.2) is 0 Å². The number of rotatable bonds is 6. The van der Waals surface area contributed by atoms with Crippen LogP contribution in [-0.4, -0.2) is 12.5 Å². The standard InChI is InChI=1S/C22H25Cl2NO2/c1-2-14-27-20-11-10-18(15-19(20)24)25-21(26)22(12-4-3-5-13-22)16-6-8-17(23)9-7-16/h6-11,15H,2-5,12-14H2,1H3,(H,25,26). The Balaban J connectivity index is 1.83. The van der Waals surface area contributed by atoms with Gasteiger partial charge in [-0.2, -0.15) is 0 Å². The predicted molar refractivity (Wildman–Crippen MR) is 112 cm³/mol. The molecule has 0 atom stereocenters. The molecular formula is C22H25Cl2NO2. The SMILES string of the molecule is CCCOc1ccc(NC(=O)C2(c3ccc(Cl)cc3)CCCCC2)cc1Cl. The quantitative estimate of drug-likeness (QED) is 0.585. The van der Waals surface area contributed by atoms with Crippen molar-refractivity contribution >= 4 is 34.8 Å². The van der Waals surface area contributed by atoms with Crippen LogP contribution in [0.2, 0.25) is 10.0 Å². The molecule has 1 aliphatic rings. The molecule has 0 unspecified atom stereocenters. The van der Waals surface area contributed by atoms with Gasteiger partial charge in [0.1, 0.15) is 5.75 Å². The number of anilines is 1. The summed E-state index contributed by atoms with van der Waals surface area (Å²) in [6, 6.07) is 13.1. The van der Waals surface area contributed by atoms with Crippen LogP contribution in [-0.2, 0) is 10.2 Å². The Morgan fingerprint density at radius 1 is 1.07 bits per heavy atom. The number of halogens is 2. The second-order valence-electron chi connectivity index (χ2n) is 7.10. The largest absolute Gasteiger partial charge is 0.492 e. The van der Waals surface area contributed by atoms with Crippen molar-refractivity contribution in [3.63, 3.8) is 0 Å². The average molecular weight is 406 g/mol. The molecule has 1 amide bonds. The number of benzene rings is 2. The number of ether oxygens (including phenoxy) is 1. The maximum atomic E-state index is 13.3. The minimum Gasteiger partial charge on any atom is -0.492 e. The lowest BCUT2D eigenvalue weighted by Crippen LogP contribution is -2.42. The highest BCUT2D eigenvalue weighted by Crippen LogP contribution is 2.41. The summed E-state index contributed by atoms with van der Waals surface area (Å²) in [6.07, 6.45) is 5.84. The number of hydrogen-bond acceptors (Lipinski definition) is 2. The van der Waals surface area contributed by atoms with Crippen molar-refractivity contribution in [2.75, 3.05) is 11.9 Å². The number of hydrogen-bond donors (Lipinski definition) is 1. The minimum absolute atomic E-state index is 0.0165. The van der Waals surface area contributed by atoms with Gasteiger partial charge in [-0.15, -0.1) is 0 Å². The van der Waals surface area contributed by atoms with Crippen molar-refractivity contribution in [3.05, 3.63) is 58.1 Å². The molecule has 1 aliphatic carbocycles. The van der Waals surface area contributed by atoms with Gasteiger partial charge in [0, 0.05) is 10.7 Å². The van der Waals surface area contributed by atoms with E-state index in [9.17, 15) is 4.79 Å². The van der Waals surface area contributed by atoms with Gasteiger partial charge in [0.05, 0.1) is 17.0 Å². The fourth-order valence-electron chi connectivity index (χ4n) is 3.73. The topological polar surface area (TPSA) is 38.3 Å². The van der Waals surface area contributed by atoms with E-state index in [1.165, 1.54) is 0 Å². The molecule has 0 heterocycles. The molecule has 3 nitrogen and oxygen atoms in total. The molecule has 2 aromatic carbocycles. The second kappa shape index (κ2) is 8.99. The summed E-state index contributed by atoms with van der Waals surface area (Å²) >= 11 is 12.4. The fraction of sp³-hybridized carbons (Fsp3) is 0.409. The third-order valence-electron chi connectivity index (χ3n) is 5.19. The zero-order valence-electron chi connectivity index (χ0n) is 15.6. The molecule has 1 N–H and O–H groups in total. The molecular weight excluding hydrogens is 381 g/mol. The molecule has 0 bridgehead atoms. The molecule has 27 heavy (non-hydrogen) atoms. The van der Waals surface area contributed by atoms with Crippen molar-refractivity contribution in [2.24, 2.45) is 0 Å². The average Bonchev–Trinajstić information content (AvgIpc) is 2.68. The van der Waals surface area contributed by atoms with Crippen LogP contribution in [0.3, 0.4) is 0 Å². The highest BCUT2D eigenvalue weighted by atomic mass is 35.5. The summed E-state index contributed by atoms with van der Waals surface area (Å²) in [4.78, 5) is 13.3. The summed E-state index contributed by atoms with van der Waals surface area (Å²) < 4.78 is 5.61. The van der Waals surface area contributed by atoms with Crippen LogP contribution in [0, 0.1) is 0 Å². The van der Waals surface area contributed by atoms with E-state index in [1.807, 2.05) is 43.3 Å². The molecule has 144 valence electrons. The first-order chi connectivity index (χ1) is 13.0. The number of carbonyl (C=O) groups is 1. The summed E-state index contributed by atoms with van der Waals surface area (Å²) in [5.41, 5.74) is 1.19. The van der Waals surface area contributed by atoms with Gasteiger partial charge >= 0.3 is 0 Å². The van der Waals surface area contributed by atoms with E-state index in [0.717, 1.165) is 44.1 Å². The highest BCUT2D eigenvalue weighted by molar-refractivity contribution is 6.32. The normalized spacial score (nSPS) is 16.0. The van der Waals surface area contributed by atoms with Gasteiger partial charge in [-0.25, -0.2) is 0 Å². The van der Waals surface area contributed by atoms with E-state index >= 15 is 0 Å². The van der Waals surface area contributed by atoms with Crippen molar-refractivity contribution in [1.82, 2.24) is 0 Å². The Hall–Kier alpha value is -1.71. The summed E-state index contributed by atoms with van der Waals surface area (Å²) in [5.74, 6) is 0.657. The molecule has 1 fully saturated rings. The molecule has 0 radical (unpaired) electrons. The Labute approximate surface area is 171 Å². The van der Waals surface area contributed by atoms with Crippen molar-refractivity contribution in [1.29, 1.82) is 0 Å². The van der Waals surface area contributed by atoms with E-state index in [-0.39, 0.29) is 5.91 Å². The zero-order chi connectivity index (χ0) is 19.3. The van der Waals surface area contributed by atoms with Crippen LogP contribution in [0.4, 0.5) is 5.69 Å². The molecule has 1 saturated carbocycles. The third kappa shape index (κ3) is 4.59. The van der Waals surface area contributed by atoms with E-state index in [1.54, 1.807) is 6.07 Å². The monoisotopic (exact) mass is 405 g/mol. The van der Waals surface area contributed by atoms with E-state index in [0.29, 0.717) is 28.1 Å². The van der Waals surface area contributed by atoms with Crippen LogP contribution < -0.4 is 10.1 Å². The maximum Gasteiger partial charge on any atom is 0.235 e. The van der Waals surface area contributed by atoms with Gasteiger partial charge < -0.3 is 10.1 Å². The molecule has 2 aromatic rings. The first-order valence-corrected chi connectivity index (χ1v) is 10.3. The highest BCUT2D eigenvalue weighted by Gasteiger charge is 2.41. The summed E-state index contributed by atoms with van der Waals surface area (Å²) in [7, 11) is 0.